The lowest BCUT2D eigenvalue weighted by molar-refractivity contribution is 0.101. The van der Waals surface area contributed by atoms with Crippen molar-refractivity contribution in [1.82, 2.24) is 0 Å². The number of ketones is 1. The zero-order chi connectivity index (χ0) is 14.8. The van der Waals surface area contributed by atoms with Gasteiger partial charge in [0.25, 0.3) is 0 Å². The summed E-state index contributed by atoms with van der Waals surface area (Å²) >= 11 is 0. The molecule has 0 saturated carbocycles. The Labute approximate surface area is 124 Å². The van der Waals surface area contributed by atoms with Gasteiger partial charge in [0.15, 0.2) is 5.78 Å². The van der Waals surface area contributed by atoms with Crippen LogP contribution in [0.3, 0.4) is 0 Å². The molecule has 0 aliphatic carbocycles. The van der Waals surface area contributed by atoms with Crippen LogP contribution >= 0.6 is 0 Å². The van der Waals surface area contributed by atoms with Gasteiger partial charge in [-0.2, -0.15) is 0 Å². The molecule has 0 radical (unpaired) electrons. The van der Waals surface area contributed by atoms with E-state index >= 15 is 0 Å². The van der Waals surface area contributed by atoms with Gasteiger partial charge >= 0.3 is 0 Å². The van der Waals surface area contributed by atoms with Crippen molar-refractivity contribution in [3.63, 3.8) is 0 Å². The van der Waals surface area contributed by atoms with E-state index in [1.807, 2.05) is 18.2 Å². The Hall–Kier alpha value is -2.29. The fraction of sp³-hybridized carbons (Fsp3) is 0.278. The molecule has 21 heavy (non-hydrogen) atoms. The Kier molecular flexibility index (Phi) is 3.65. The number of hydrogen-bond donors (Lipinski definition) is 0. The zero-order valence-corrected chi connectivity index (χ0v) is 12.3. The second kappa shape index (κ2) is 5.60. The van der Waals surface area contributed by atoms with Crippen LogP contribution in [0, 0.1) is 6.92 Å². The highest BCUT2D eigenvalue weighted by Gasteiger charge is 2.23. The van der Waals surface area contributed by atoms with Crippen molar-refractivity contribution in [2.45, 2.75) is 26.4 Å². The SMILES string of the molecule is CC(=O)c1cccc(OCC2Cc3cc(C)ccc3O2)c1. The summed E-state index contributed by atoms with van der Waals surface area (Å²) in [7, 11) is 0. The van der Waals surface area contributed by atoms with Gasteiger partial charge in [0, 0.05) is 12.0 Å². The van der Waals surface area contributed by atoms with Gasteiger partial charge in [-0.3, -0.25) is 4.79 Å². The largest absolute Gasteiger partial charge is 0.490 e. The molecule has 1 aliphatic rings. The van der Waals surface area contributed by atoms with Crippen molar-refractivity contribution in [3.8, 4) is 11.5 Å². The van der Waals surface area contributed by atoms with E-state index in [0.717, 1.165) is 12.2 Å². The number of carbonyl (C=O) groups is 1. The Morgan fingerprint density at radius 1 is 1.29 bits per heavy atom. The summed E-state index contributed by atoms with van der Waals surface area (Å²) in [6.07, 6.45) is 0.895. The van der Waals surface area contributed by atoms with E-state index in [-0.39, 0.29) is 11.9 Å². The van der Waals surface area contributed by atoms with E-state index in [9.17, 15) is 4.79 Å². The standard InChI is InChI=1S/C18H18O3/c1-12-6-7-18-15(8-12)10-17(21-18)11-20-16-5-3-4-14(9-16)13(2)19/h3-9,17H,10-11H2,1-2H3. The third-order valence-electron chi connectivity index (χ3n) is 3.63. The predicted molar refractivity (Wildman–Crippen MR) is 81.2 cm³/mol. The summed E-state index contributed by atoms with van der Waals surface area (Å²) in [6.45, 7) is 4.12. The summed E-state index contributed by atoms with van der Waals surface area (Å²) in [6, 6.07) is 13.5. The minimum atomic E-state index is 0.0304. The van der Waals surface area contributed by atoms with Crippen LogP contribution in [0.5, 0.6) is 11.5 Å². The maximum absolute atomic E-state index is 11.4. The average molecular weight is 282 g/mol. The normalized spacial score (nSPS) is 16.2. The molecule has 3 rings (SSSR count). The second-order valence-electron chi connectivity index (χ2n) is 5.45. The number of Topliss-reactive ketones (excluding diaryl/α,β-unsaturated/α-hetero) is 1. The highest BCUT2D eigenvalue weighted by atomic mass is 16.5. The van der Waals surface area contributed by atoms with Crippen LogP contribution in [0.2, 0.25) is 0 Å². The molecule has 0 aromatic heterocycles. The van der Waals surface area contributed by atoms with Gasteiger partial charge in [-0.15, -0.1) is 0 Å². The predicted octanol–water partition coefficient (Wildman–Crippen LogP) is 3.58. The molecule has 3 heteroatoms. The first-order valence-electron chi connectivity index (χ1n) is 7.12. The molecule has 2 aromatic carbocycles. The van der Waals surface area contributed by atoms with Crippen LogP contribution in [-0.4, -0.2) is 18.5 Å². The molecule has 0 saturated heterocycles. The van der Waals surface area contributed by atoms with E-state index < -0.39 is 0 Å². The summed E-state index contributed by atoms with van der Waals surface area (Å²) in [5.74, 6) is 1.70. The Balaban J connectivity index is 1.62. The van der Waals surface area contributed by atoms with Crippen LogP contribution < -0.4 is 9.47 Å². The lowest BCUT2D eigenvalue weighted by Crippen LogP contribution is -2.22. The highest BCUT2D eigenvalue weighted by molar-refractivity contribution is 5.94. The van der Waals surface area contributed by atoms with Crippen molar-refractivity contribution in [2.75, 3.05) is 6.61 Å². The van der Waals surface area contributed by atoms with Gasteiger partial charge < -0.3 is 9.47 Å². The number of benzene rings is 2. The summed E-state index contributed by atoms with van der Waals surface area (Å²) in [5.41, 5.74) is 3.15. The molecule has 0 fully saturated rings. The van der Waals surface area contributed by atoms with Gasteiger partial charge in [-0.05, 0) is 37.6 Å². The third-order valence-corrected chi connectivity index (χ3v) is 3.63. The first-order chi connectivity index (χ1) is 10.1. The minimum absolute atomic E-state index is 0.0304. The molecular formula is C18H18O3. The molecule has 0 bridgehead atoms. The van der Waals surface area contributed by atoms with Crippen molar-refractivity contribution in [2.24, 2.45) is 0 Å². The summed E-state index contributed by atoms with van der Waals surface area (Å²) in [4.78, 5) is 11.4. The smallest absolute Gasteiger partial charge is 0.159 e. The topological polar surface area (TPSA) is 35.5 Å². The third kappa shape index (κ3) is 3.07. The van der Waals surface area contributed by atoms with Crippen molar-refractivity contribution in [3.05, 3.63) is 59.2 Å². The van der Waals surface area contributed by atoms with E-state index in [0.29, 0.717) is 17.9 Å². The van der Waals surface area contributed by atoms with E-state index in [4.69, 9.17) is 9.47 Å². The molecule has 3 nitrogen and oxygen atoms in total. The summed E-state index contributed by atoms with van der Waals surface area (Å²) < 4.78 is 11.6. The molecular weight excluding hydrogens is 264 g/mol. The fourth-order valence-electron chi connectivity index (χ4n) is 2.54. The van der Waals surface area contributed by atoms with Gasteiger partial charge in [0.2, 0.25) is 0 Å². The Bertz CT molecular complexity index is 676. The van der Waals surface area contributed by atoms with Crippen LogP contribution in [0.15, 0.2) is 42.5 Å². The number of hydrogen-bond acceptors (Lipinski definition) is 3. The van der Waals surface area contributed by atoms with Crippen molar-refractivity contribution in [1.29, 1.82) is 0 Å². The molecule has 1 unspecified atom stereocenters. The monoisotopic (exact) mass is 282 g/mol. The minimum Gasteiger partial charge on any atom is -0.490 e. The maximum Gasteiger partial charge on any atom is 0.159 e. The lowest BCUT2D eigenvalue weighted by atomic mass is 10.1. The molecule has 1 aliphatic heterocycles. The number of fused-ring (bicyclic) bond motifs is 1. The van der Waals surface area contributed by atoms with Gasteiger partial charge in [-0.25, -0.2) is 0 Å². The van der Waals surface area contributed by atoms with E-state index in [2.05, 4.69) is 19.1 Å². The second-order valence-corrected chi connectivity index (χ2v) is 5.45. The van der Waals surface area contributed by atoms with Crippen molar-refractivity contribution < 1.29 is 14.3 Å². The van der Waals surface area contributed by atoms with Gasteiger partial charge in [0.05, 0.1) is 0 Å². The number of carbonyl (C=O) groups excluding carboxylic acids is 1. The van der Waals surface area contributed by atoms with Gasteiger partial charge in [0.1, 0.15) is 24.2 Å². The molecule has 108 valence electrons. The van der Waals surface area contributed by atoms with Crippen LogP contribution in [0.25, 0.3) is 0 Å². The number of rotatable bonds is 4. The Morgan fingerprint density at radius 3 is 2.95 bits per heavy atom. The first-order valence-corrected chi connectivity index (χ1v) is 7.12. The molecule has 0 spiro atoms. The quantitative estimate of drug-likeness (QED) is 0.804. The van der Waals surface area contributed by atoms with E-state index in [1.165, 1.54) is 11.1 Å². The van der Waals surface area contributed by atoms with Gasteiger partial charge in [-0.1, -0.05) is 29.8 Å². The Morgan fingerprint density at radius 2 is 2.14 bits per heavy atom. The molecule has 0 amide bonds. The lowest BCUT2D eigenvalue weighted by Gasteiger charge is -2.12. The molecule has 1 atom stereocenters. The molecule has 0 N–H and O–H groups in total. The van der Waals surface area contributed by atoms with Crippen LogP contribution in [-0.2, 0) is 6.42 Å². The molecule has 2 aromatic rings. The van der Waals surface area contributed by atoms with Crippen molar-refractivity contribution >= 4 is 5.78 Å². The first kappa shape index (κ1) is 13.7. The molecule has 1 heterocycles. The van der Waals surface area contributed by atoms with E-state index in [1.54, 1.807) is 19.1 Å². The van der Waals surface area contributed by atoms with Crippen LogP contribution in [0.4, 0.5) is 0 Å². The highest BCUT2D eigenvalue weighted by Crippen LogP contribution is 2.29. The maximum atomic E-state index is 11.4. The average Bonchev–Trinajstić information content (AvgIpc) is 2.87. The van der Waals surface area contributed by atoms with Crippen LogP contribution in [0.1, 0.15) is 28.4 Å². The number of ether oxygens (including phenoxy) is 2. The number of aryl methyl sites for hydroxylation is 1. The summed E-state index contributed by atoms with van der Waals surface area (Å²) in [5, 5.41) is 0. The zero-order valence-electron chi connectivity index (χ0n) is 12.3. The fourth-order valence-corrected chi connectivity index (χ4v) is 2.54.